The summed E-state index contributed by atoms with van der Waals surface area (Å²) in [6.45, 7) is 5.87. The van der Waals surface area contributed by atoms with Crippen LogP contribution in [0.4, 0.5) is 4.79 Å². The zero-order chi connectivity index (χ0) is 15.5. The largest absolute Gasteiger partial charge is 0.379 e. The Labute approximate surface area is 126 Å². The van der Waals surface area contributed by atoms with Gasteiger partial charge in [0.25, 0.3) is 0 Å². The second-order valence-corrected chi connectivity index (χ2v) is 8.08. The number of urea groups is 1. The lowest BCUT2D eigenvalue weighted by molar-refractivity contribution is 0.0206. The van der Waals surface area contributed by atoms with Gasteiger partial charge in [-0.3, -0.25) is 4.90 Å². The van der Waals surface area contributed by atoms with Gasteiger partial charge in [-0.25, -0.2) is 13.2 Å². The van der Waals surface area contributed by atoms with Gasteiger partial charge in [0, 0.05) is 38.8 Å². The molecule has 0 spiro atoms. The highest BCUT2D eigenvalue weighted by Crippen LogP contribution is 2.16. The van der Waals surface area contributed by atoms with Crippen LogP contribution in [-0.2, 0) is 14.6 Å². The standard InChI is InChI=1S/C13H25N3O4S/c1-11(16-4-6-20-7-5-16)9-14-13(17)15(2)12-3-8-21(18,19)10-12/h11-12H,3-10H2,1-2H3,(H,14,17). The van der Waals surface area contributed by atoms with Crippen molar-refractivity contribution in [3.63, 3.8) is 0 Å². The molecule has 2 amide bonds. The molecule has 2 aliphatic rings. The average Bonchev–Trinajstić information content (AvgIpc) is 2.84. The fourth-order valence-corrected chi connectivity index (χ4v) is 4.53. The van der Waals surface area contributed by atoms with Gasteiger partial charge in [0.2, 0.25) is 0 Å². The molecule has 2 heterocycles. The second kappa shape index (κ2) is 6.93. The third-order valence-corrected chi connectivity index (χ3v) is 6.04. The van der Waals surface area contributed by atoms with Crippen LogP contribution in [0.25, 0.3) is 0 Å². The molecule has 21 heavy (non-hydrogen) atoms. The van der Waals surface area contributed by atoms with Crippen molar-refractivity contribution in [2.45, 2.75) is 25.4 Å². The number of carbonyl (C=O) groups is 1. The minimum absolute atomic E-state index is 0.0793. The van der Waals surface area contributed by atoms with Crippen LogP contribution >= 0.6 is 0 Å². The number of hydrogen-bond acceptors (Lipinski definition) is 5. The lowest BCUT2D eigenvalue weighted by atomic mass is 10.2. The van der Waals surface area contributed by atoms with Crippen molar-refractivity contribution >= 4 is 15.9 Å². The maximum absolute atomic E-state index is 12.1. The molecule has 122 valence electrons. The first-order chi connectivity index (χ1) is 9.89. The first-order valence-corrected chi connectivity index (χ1v) is 9.24. The number of rotatable bonds is 4. The van der Waals surface area contributed by atoms with Crippen LogP contribution < -0.4 is 5.32 Å². The summed E-state index contributed by atoms with van der Waals surface area (Å²) in [6, 6.07) is -0.149. The molecule has 2 saturated heterocycles. The molecule has 0 aliphatic carbocycles. The summed E-state index contributed by atoms with van der Waals surface area (Å²) in [4.78, 5) is 15.9. The van der Waals surface area contributed by atoms with Crippen molar-refractivity contribution in [1.29, 1.82) is 0 Å². The predicted molar refractivity (Wildman–Crippen MR) is 80.1 cm³/mol. The predicted octanol–water partition coefficient (Wildman–Crippen LogP) is -0.464. The number of nitrogens with zero attached hydrogens (tertiary/aromatic N) is 2. The van der Waals surface area contributed by atoms with Gasteiger partial charge < -0.3 is 15.0 Å². The molecule has 2 rings (SSSR count). The number of ether oxygens (including phenoxy) is 1. The lowest BCUT2D eigenvalue weighted by Gasteiger charge is -2.33. The van der Waals surface area contributed by atoms with Gasteiger partial charge in [0.05, 0.1) is 24.7 Å². The average molecular weight is 319 g/mol. The van der Waals surface area contributed by atoms with Crippen LogP contribution in [0.3, 0.4) is 0 Å². The summed E-state index contributed by atoms with van der Waals surface area (Å²) in [5, 5.41) is 2.89. The van der Waals surface area contributed by atoms with E-state index in [0.29, 0.717) is 13.0 Å². The zero-order valence-corrected chi connectivity index (χ0v) is 13.6. The highest BCUT2D eigenvalue weighted by Gasteiger charge is 2.32. The van der Waals surface area contributed by atoms with Crippen LogP contribution in [0.2, 0.25) is 0 Å². The molecule has 0 bridgehead atoms. The topological polar surface area (TPSA) is 79.0 Å². The quantitative estimate of drug-likeness (QED) is 0.758. The SMILES string of the molecule is CC(CNC(=O)N(C)C1CCS(=O)(=O)C1)N1CCOCC1. The molecule has 1 N–H and O–H groups in total. The van der Waals surface area contributed by atoms with Gasteiger partial charge in [-0.1, -0.05) is 0 Å². The lowest BCUT2D eigenvalue weighted by Crippen LogP contribution is -2.50. The Morgan fingerprint density at radius 3 is 2.67 bits per heavy atom. The Morgan fingerprint density at radius 2 is 2.10 bits per heavy atom. The summed E-state index contributed by atoms with van der Waals surface area (Å²) in [6.07, 6.45) is 0.533. The van der Waals surface area contributed by atoms with Gasteiger partial charge >= 0.3 is 6.03 Å². The van der Waals surface area contributed by atoms with E-state index in [1.807, 2.05) is 0 Å². The molecule has 7 nitrogen and oxygen atoms in total. The number of hydrogen-bond donors (Lipinski definition) is 1. The van der Waals surface area contributed by atoms with Gasteiger partial charge in [-0.05, 0) is 13.3 Å². The summed E-state index contributed by atoms with van der Waals surface area (Å²) in [5.41, 5.74) is 0. The van der Waals surface area contributed by atoms with E-state index in [1.165, 1.54) is 4.90 Å². The molecule has 0 aromatic carbocycles. The van der Waals surface area contributed by atoms with E-state index in [1.54, 1.807) is 7.05 Å². The van der Waals surface area contributed by atoms with Crippen molar-refractivity contribution in [2.24, 2.45) is 0 Å². The number of sulfone groups is 1. The van der Waals surface area contributed by atoms with Gasteiger partial charge in [0.15, 0.2) is 9.84 Å². The Kier molecular flexibility index (Phi) is 5.45. The minimum atomic E-state index is -2.97. The summed E-state index contributed by atoms with van der Waals surface area (Å²) >= 11 is 0. The van der Waals surface area contributed by atoms with Crippen molar-refractivity contribution in [3.05, 3.63) is 0 Å². The van der Waals surface area contributed by atoms with E-state index < -0.39 is 9.84 Å². The Balaban J connectivity index is 1.76. The Bertz CT molecular complexity index is 462. The fraction of sp³-hybridized carbons (Fsp3) is 0.923. The molecule has 2 unspecified atom stereocenters. The molecular weight excluding hydrogens is 294 g/mol. The Hall–Kier alpha value is -0.860. The van der Waals surface area contributed by atoms with Gasteiger partial charge in [-0.15, -0.1) is 0 Å². The highest BCUT2D eigenvalue weighted by molar-refractivity contribution is 7.91. The zero-order valence-electron chi connectivity index (χ0n) is 12.7. The number of morpholine rings is 1. The summed E-state index contributed by atoms with van der Waals surface area (Å²) in [5.74, 6) is 0.259. The normalized spacial score (nSPS) is 27.2. The van der Waals surface area contributed by atoms with Crippen LogP contribution in [0.5, 0.6) is 0 Å². The van der Waals surface area contributed by atoms with Crippen molar-refractivity contribution in [1.82, 2.24) is 15.1 Å². The first kappa shape index (κ1) is 16.5. The van der Waals surface area contributed by atoms with E-state index >= 15 is 0 Å². The monoisotopic (exact) mass is 319 g/mol. The Morgan fingerprint density at radius 1 is 1.43 bits per heavy atom. The maximum atomic E-state index is 12.1. The third kappa shape index (κ3) is 4.55. The van der Waals surface area contributed by atoms with E-state index in [0.717, 1.165) is 26.3 Å². The van der Waals surface area contributed by atoms with Crippen molar-refractivity contribution in [2.75, 3.05) is 51.4 Å². The maximum Gasteiger partial charge on any atom is 0.317 e. The van der Waals surface area contributed by atoms with Crippen molar-refractivity contribution in [3.8, 4) is 0 Å². The smallest absolute Gasteiger partial charge is 0.317 e. The molecule has 2 fully saturated rings. The van der Waals surface area contributed by atoms with Crippen molar-refractivity contribution < 1.29 is 17.9 Å². The van der Waals surface area contributed by atoms with Crippen LogP contribution in [0.1, 0.15) is 13.3 Å². The van der Waals surface area contributed by atoms with Gasteiger partial charge in [0.1, 0.15) is 0 Å². The molecule has 2 aliphatic heterocycles. The molecule has 8 heteroatoms. The van der Waals surface area contributed by atoms with Crippen LogP contribution in [0, 0.1) is 0 Å². The van der Waals surface area contributed by atoms with Gasteiger partial charge in [-0.2, -0.15) is 0 Å². The number of nitrogens with one attached hydrogen (secondary N) is 1. The molecule has 0 aromatic rings. The summed E-state index contributed by atoms with van der Waals surface area (Å²) < 4.78 is 28.2. The molecule has 0 radical (unpaired) electrons. The highest BCUT2D eigenvalue weighted by atomic mass is 32.2. The first-order valence-electron chi connectivity index (χ1n) is 7.42. The van der Waals surface area contributed by atoms with Crippen LogP contribution in [-0.4, -0.2) is 87.7 Å². The fourth-order valence-electron chi connectivity index (χ4n) is 2.75. The number of amides is 2. The van der Waals surface area contributed by atoms with E-state index in [9.17, 15) is 13.2 Å². The molecule has 0 aromatic heterocycles. The summed E-state index contributed by atoms with van der Waals surface area (Å²) in [7, 11) is -1.30. The van der Waals surface area contributed by atoms with E-state index in [2.05, 4.69) is 17.1 Å². The van der Waals surface area contributed by atoms with E-state index in [4.69, 9.17) is 4.74 Å². The molecule has 2 atom stereocenters. The van der Waals surface area contributed by atoms with Crippen LogP contribution in [0.15, 0.2) is 0 Å². The molecule has 0 saturated carbocycles. The second-order valence-electron chi connectivity index (χ2n) is 5.85. The third-order valence-electron chi connectivity index (χ3n) is 4.29. The number of carbonyl (C=O) groups excluding carboxylic acids is 1. The molecular formula is C13H25N3O4S. The van der Waals surface area contributed by atoms with E-state index in [-0.39, 0.29) is 29.6 Å². The minimum Gasteiger partial charge on any atom is -0.379 e.